The smallest absolute Gasteiger partial charge is 0.269 e. The first-order chi connectivity index (χ1) is 19.4. The highest BCUT2D eigenvalue weighted by molar-refractivity contribution is 5.97. The third-order valence-corrected chi connectivity index (χ3v) is 6.93. The minimum atomic E-state index is -1.04. The summed E-state index contributed by atoms with van der Waals surface area (Å²) < 4.78 is 27.8. The number of rotatable bonds is 11. The molecule has 0 spiro atoms. The number of carbonyl (C=O) groups is 1. The molecular formula is C31H31F2N5O2. The summed E-state index contributed by atoms with van der Waals surface area (Å²) in [5.41, 5.74) is 5.18. The number of aryl methyl sites for hydroxylation is 1. The molecule has 5 aromatic rings. The van der Waals surface area contributed by atoms with Crippen LogP contribution < -0.4 is 10.6 Å². The predicted octanol–water partition coefficient (Wildman–Crippen LogP) is 4.89. The van der Waals surface area contributed by atoms with Gasteiger partial charge in [0, 0.05) is 41.8 Å². The highest BCUT2D eigenvalue weighted by atomic mass is 19.1. The molecule has 0 saturated carbocycles. The summed E-state index contributed by atoms with van der Waals surface area (Å²) in [6, 6.07) is 19.9. The quantitative estimate of drug-likeness (QED) is 0.164. The van der Waals surface area contributed by atoms with E-state index in [4.69, 9.17) is 0 Å². The van der Waals surface area contributed by atoms with Crippen LogP contribution in [-0.4, -0.2) is 44.9 Å². The molecule has 206 valence electrons. The number of hydrogen-bond donors (Lipinski definition) is 5. The number of nitrogens with zero attached hydrogens (tertiary/aromatic N) is 1. The summed E-state index contributed by atoms with van der Waals surface area (Å²) in [4.78, 5) is 16.4. The average molecular weight is 544 g/mol. The van der Waals surface area contributed by atoms with Gasteiger partial charge in [-0.25, -0.2) is 8.78 Å². The molecule has 0 unspecified atom stereocenters. The van der Waals surface area contributed by atoms with Gasteiger partial charge < -0.3 is 20.7 Å². The standard InChI is InChI=1S/C31H31F2N5O2/c1-2-19-6-5-7-20(10-19)16-34-18-30(39)28(13-21-11-22(32)14-23(33)12-21)36-31(40)29-15-27(37-38-29)25-17-35-26-9-4-3-8-24(25)26/h3-12,14-15,17,28,30,34-35,39H,2,13,16,18H2,1H3,(H,36,40)(H,37,38)/t28-,30+/m0/s1. The van der Waals surface area contributed by atoms with Crippen molar-refractivity contribution >= 4 is 16.8 Å². The second-order valence-electron chi connectivity index (χ2n) is 9.85. The highest BCUT2D eigenvalue weighted by Gasteiger charge is 2.24. The number of halogens is 2. The largest absolute Gasteiger partial charge is 0.390 e. The molecule has 7 nitrogen and oxygen atoms in total. The summed E-state index contributed by atoms with van der Waals surface area (Å²) in [6.45, 7) is 2.76. The number of carbonyl (C=O) groups excluding carboxylic acids is 1. The number of H-pyrrole nitrogens is 2. The fourth-order valence-electron chi connectivity index (χ4n) is 4.84. The van der Waals surface area contributed by atoms with Crippen molar-refractivity contribution in [1.29, 1.82) is 0 Å². The number of aromatic amines is 2. The number of benzene rings is 3. The van der Waals surface area contributed by atoms with Crippen molar-refractivity contribution < 1.29 is 18.7 Å². The van der Waals surface area contributed by atoms with Crippen LogP contribution in [0.2, 0.25) is 0 Å². The number of aromatic nitrogens is 3. The molecule has 0 aliphatic heterocycles. The van der Waals surface area contributed by atoms with Gasteiger partial charge in [-0.1, -0.05) is 49.4 Å². The zero-order valence-electron chi connectivity index (χ0n) is 22.0. The molecule has 0 aliphatic rings. The fourth-order valence-corrected chi connectivity index (χ4v) is 4.84. The van der Waals surface area contributed by atoms with Gasteiger partial charge in [0.2, 0.25) is 0 Å². The van der Waals surface area contributed by atoms with E-state index in [9.17, 15) is 18.7 Å². The first-order valence-corrected chi connectivity index (χ1v) is 13.2. The van der Waals surface area contributed by atoms with Crippen molar-refractivity contribution in [2.24, 2.45) is 0 Å². The number of hydrogen-bond acceptors (Lipinski definition) is 4. The number of para-hydroxylation sites is 1. The van der Waals surface area contributed by atoms with E-state index in [2.05, 4.69) is 44.9 Å². The van der Waals surface area contributed by atoms with Crippen molar-refractivity contribution in [2.75, 3.05) is 6.54 Å². The average Bonchev–Trinajstić information content (AvgIpc) is 3.60. The number of fused-ring (bicyclic) bond motifs is 1. The fraction of sp³-hybridized carbons (Fsp3) is 0.226. The van der Waals surface area contributed by atoms with E-state index < -0.39 is 29.7 Å². The van der Waals surface area contributed by atoms with Crippen LogP contribution >= 0.6 is 0 Å². The van der Waals surface area contributed by atoms with Crippen LogP contribution in [0.3, 0.4) is 0 Å². The lowest BCUT2D eigenvalue weighted by atomic mass is 10.00. The summed E-state index contributed by atoms with van der Waals surface area (Å²) in [6.07, 6.45) is 1.73. The van der Waals surface area contributed by atoms with E-state index in [1.807, 2.05) is 42.6 Å². The van der Waals surface area contributed by atoms with Crippen molar-refractivity contribution in [1.82, 2.24) is 25.8 Å². The third-order valence-electron chi connectivity index (χ3n) is 6.93. The van der Waals surface area contributed by atoms with Gasteiger partial charge in [0.25, 0.3) is 5.91 Å². The second kappa shape index (κ2) is 12.2. The topological polar surface area (TPSA) is 106 Å². The second-order valence-corrected chi connectivity index (χ2v) is 9.85. The zero-order valence-corrected chi connectivity index (χ0v) is 22.0. The zero-order chi connectivity index (χ0) is 28.1. The summed E-state index contributed by atoms with van der Waals surface area (Å²) in [5, 5.41) is 25.2. The Morgan fingerprint density at radius 2 is 1.75 bits per heavy atom. The summed E-state index contributed by atoms with van der Waals surface area (Å²) >= 11 is 0. The summed E-state index contributed by atoms with van der Waals surface area (Å²) in [7, 11) is 0. The Bertz CT molecular complexity index is 1590. The highest BCUT2D eigenvalue weighted by Crippen LogP contribution is 2.27. The van der Waals surface area contributed by atoms with Gasteiger partial charge in [-0.2, -0.15) is 5.10 Å². The number of aliphatic hydroxyl groups excluding tert-OH is 1. The lowest BCUT2D eigenvalue weighted by Crippen LogP contribution is -2.48. The van der Waals surface area contributed by atoms with Crippen LogP contribution in [0.4, 0.5) is 8.78 Å². The molecule has 5 rings (SSSR count). The van der Waals surface area contributed by atoms with E-state index in [-0.39, 0.29) is 18.7 Å². The molecule has 0 radical (unpaired) electrons. The van der Waals surface area contributed by atoms with Crippen LogP contribution in [0.15, 0.2) is 79.0 Å². The third kappa shape index (κ3) is 6.44. The van der Waals surface area contributed by atoms with E-state index in [1.54, 1.807) is 6.07 Å². The first kappa shape index (κ1) is 27.2. The van der Waals surface area contributed by atoms with Crippen molar-refractivity contribution in [2.45, 2.75) is 38.5 Å². The van der Waals surface area contributed by atoms with Gasteiger partial charge in [0.05, 0.1) is 17.8 Å². The van der Waals surface area contributed by atoms with E-state index in [0.29, 0.717) is 17.8 Å². The monoisotopic (exact) mass is 543 g/mol. The first-order valence-electron chi connectivity index (χ1n) is 13.2. The predicted molar refractivity (Wildman–Crippen MR) is 151 cm³/mol. The van der Waals surface area contributed by atoms with Crippen LogP contribution in [0.1, 0.15) is 34.1 Å². The molecule has 3 aromatic carbocycles. The van der Waals surface area contributed by atoms with Crippen LogP contribution in [0.5, 0.6) is 0 Å². The Morgan fingerprint density at radius 1 is 0.975 bits per heavy atom. The van der Waals surface area contributed by atoms with Crippen LogP contribution in [0, 0.1) is 11.6 Å². The Morgan fingerprint density at radius 3 is 2.55 bits per heavy atom. The van der Waals surface area contributed by atoms with Gasteiger partial charge in [0.15, 0.2) is 0 Å². The minimum Gasteiger partial charge on any atom is -0.390 e. The SMILES string of the molecule is CCc1cccc(CNC[C@@H](O)[C@H](Cc2cc(F)cc(F)c2)NC(=O)c2cc(-c3c[nH]c4ccccc34)n[nH]2)c1. The molecule has 0 saturated heterocycles. The molecule has 9 heteroatoms. The maximum absolute atomic E-state index is 13.9. The Balaban J connectivity index is 1.31. The lowest BCUT2D eigenvalue weighted by Gasteiger charge is -2.25. The van der Waals surface area contributed by atoms with Crippen molar-refractivity contribution in [3.63, 3.8) is 0 Å². The van der Waals surface area contributed by atoms with E-state index in [1.165, 1.54) is 17.7 Å². The van der Waals surface area contributed by atoms with Gasteiger partial charge in [0.1, 0.15) is 17.3 Å². The van der Waals surface area contributed by atoms with Gasteiger partial charge in [-0.05, 0) is 53.8 Å². The molecule has 0 fully saturated rings. The van der Waals surface area contributed by atoms with Crippen LogP contribution in [-0.2, 0) is 19.4 Å². The number of nitrogens with one attached hydrogen (secondary N) is 4. The van der Waals surface area contributed by atoms with Gasteiger partial charge in [-0.3, -0.25) is 9.89 Å². The Hall–Kier alpha value is -4.34. The van der Waals surface area contributed by atoms with Crippen molar-refractivity contribution in [3.8, 4) is 11.3 Å². The molecule has 2 aromatic heterocycles. The van der Waals surface area contributed by atoms with Gasteiger partial charge in [-0.15, -0.1) is 0 Å². The maximum Gasteiger partial charge on any atom is 0.269 e. The molecule has 5 N–H and O–H groups in total. The van der Waals surface area contributed by atoms with E-state index >= 15 is 0 Å². The number of aliphatic hydroxyl groups is 1. The molecule has 2 heterocycles. The summed E-state index contributed by atoms with van der Waals surface area (Å²) in [5.74, 6) is -1.93. The molecular weight excluding hydrogens is 512 g/mol. The molecule has 1 amide bonds. The normalized spacial score (nSPS) is 12.9. The lowest BCUT2D eigenvalue weighted by molar-refractivity contribution is 0.0825. The Kier molecular flexibility index (Phi) is 8.33. The maximum atomic E-state index is 13.9. The van der Waals surface area contributed by atoms with Crippen LogP contribution in [0.25, 0.3) is 22.2 Å². The minimum absolute atomic E-state index is 0.0258. The number of amides is 1. The molecule has 2 atom stereocenters. The molecule has 40 heavy (non-hydrogen) atoms. The molecule has 0 aliphatic carbocycles. The molecule has 0 bridgehead atoms. The Labute approximate surface area is 230 Å². The van der Waals surface area contributed by atoms with Crippen molar-refractivity contribution in [3.05, 3.63) is 113 Å². The van der Waals surface area contributed by atoms with E-state index in [0.717, 1.165) is 34.5 Å². The van der Waals surface area contributed by atoms with Gasteiger partial charge >= 0.3 is 0 Å².